The van der Waals surface area contributed by atoms with Gasteiger partial charge in [0, 0.05) is 6.54 Å². The van der Waals surface area contributed by atoms with Gasteiger partial charge in [0.05, 0.1) is 13.2 Å². The van der Waals surface area contributed by atoms with Crippen molar-refractivity contribution in [3.63, 3.8) is 0 Å². The first-order chi connectivity index (χ1) is 12.1. The monoisotopic (exact) mass is 339 g/mol. The number of likely N-dealkylation sites (tertiary alicyclic amines) is 1. The van der Waals surface area contributed by atoms with Crippen LogP contribution in [0, 0.1) is 6.92 Å². The van der Waals surface area contributed by atoms with E-state index < -0.39 is 6.10 Å². The van der Waals surface area contributed by atoms with Gasteiger partial charge in [0.25, 0.3) is 5.91 Å². The van der Waals surface area contributed by atoms with Crippen molar-refractivity contribution >= 4 is 5.91 Å². The first-order valence-electron chi connectivity index (χ1n) is 8.76. The molecule has 1 aliphatic rings. The van der Waals surface area contributed by atoms with E-state index in [1.165, 1.54) is 11.1 Å². The fraction of sp³-hybridized carbons (Fsp3) is 0.381. The lowest BCUT2D eigenvalue weighted by Gasteiger charge is -2.28. The molecule has 2 aromatic carbocycles. The Kier molecular flexibility index (Phi) is 5.27. The second kappa shape index (κ2) is 7.60. The normalized spacial score (nSPS) is 18.0. The minimum atomic E-state index is -0.514. The number of nitrogens with zero attached hydrogens (tertiary/aromatic N) is 1. The van der Waals surface area contributed by atoms with Crippen LogP contribution in [0.5, 0.6) is 11.5 Å². The SMILES string of the molecule is COc1ccc(O[C@@H](C)C(=O)N2CCC[C@H]2c2ccc(C)cc2)cc1. The van der Waals surface area contributed by atoms with E-state index in [1.807, 2.05) is 36.1 Å². The topological polar surface area (TPSA) is 38.8 Å². The van der Waals surface area contributed by atoms with Crippen LogP contribution < -0.4 is 9.47 Å². The molecule has 0 N–H and O–H groups in total. The quantitative estimate of drug-likeness (QED) is 0.822. The number of aryl methyl sites for hydroxylation is 1. The van der Waals surface area contributed by atoms with Gasteiger partial charge in [0.1, 0.15) is 11.5 Å². The number of hydrogen-bond acceptors (Lipinski definition) is 3. The van der Waals surface area contributed by atoms with E-state index in [9.17, 15) is 4.79 Å². The Labute approximate surface area is 149 Å². The minimum Gasteiger partial charge on any atom is -0.497 e. The Morgan fingerprint density at radius 2 is 1.72 bits per heavy atom. The molecule has 0 radical (unpaired) electrons. The Morgan fingerprint density at radius 3 is 2.36 bits per heavy atom. The second-order valence-electron chi connectivity index (χ2n) is 6.54. The summed E-state index contributed by atoms with van der Waals surface area (Å²) >= 11 is 0. The van der Waals surface area contributed by atoms with Crippen molar-refractivity contribution < 1.29 is 14.3 Å². The molecule has 0 unspecified atom stereocenters. The highest BCUT2D eigenvalue weighted by molar-refractivity contribution is 5.81. The molecule has 2 aromatic rings. The Hall–Kier alpha value is -2.49. The summed E-state index contributed by atoms with van der Waals surface area (Å²) in [7, 11) is 1.63. The number of ether oxygens (including phenoxy) is 2. The maximum Gasteiger partial charge on any atom is 0.263 e. The van der Waals surface area contributed by atoms with Crippen molar-refractivity contribution in [1.82, 2.24) is 4.90 Å². The maximum absolute atomic E-state index is 12.9. The van der Waals surface area contributed by atoms with Crippen LogP contribution in [0.15, 0.2) is 48.5 Å². The van der Waals surface area contributed by atoms with Crippen LogP contribution >= 0.6 is 0 Å². The van der Waals surface area contributed by atoms with Gasteiger partial charge in [-0.25, -0.2) is 0 Å². The summed E-state index contributed by atoms with van der Waals surface area (Å²) in [5.41, 5.74) is 2.43. The average Bonchev–Trinajstić information content (AvgIpc) is 3.12. The van der Waals surface area contributed by atoms with Crippen LogP contribution in [0.25, 0.3) is 0 Å². The molecular formula is C21H25NO3. The number of amides is 1. The molecule has 0 aliphatic carbocycles. The number of benzene rings is 2. The molecule has 1 aliphatic heterocycles. The third-order valence-corrected chi connectivity index (χ3v) is 4.72. The molecule has 0 saturated carbocycles. The van der Waals surface area contributed by atoms with Crippen LogP contribution in [0.4, 0.5) is 0 Å². The third kappa shape index (κ3) is 3.95. The molecule has 1 saturated heterocycles. The van der Waals surface area contributed by atoms with Crippen LogP contribution in [0.3, 0.4) is 0 Å². The molecule has 0 spiro atoms. The molecule has 1 fully saturated rings. The minimum absolute atomic E-state index is 0.0406. The van der Waals surface area contributed by atoms with E-state index in [2.05, 4.69) is 31.2 Å². The van der Waals surface area contributed by atoms with Gasteiger partial charge >= 0.3 is 0 Å². The lowest BCUT2D eigenvalue weighted by atomic mass is 10.0. The summed E-state index contributed by atoms with van der Waals surface area (Å²) in [6.45, 7) is 4.68. The Morgan fingerprint density at radius 1 is 1.08 bits per heavy atom. The van der Waals surface area contributed by atoms with Crippen molar-refractivity contribution in [3.8, 4) is 11.5 Å². The molecule has 0 aromatic heterocycles. The smallest absolute Gasteiger partial charge is 0.263 e. The summed E-state index contributed by atoms with van der Waals surface area (Å²) < 4.78 is 11.0. The summed E-state index contributed by atoms with van der Waals surface area (Å²) in [6, 6.07) is 15.9. The Bertz CT molecular complexity index is 709. The highest BCUT2D eigenvalue weighted by Gasteiger charge is 2.33. The van der Waals surface area contributed by atoms with Crippen LogP contribution in [0.2, 0.25) is 0 Å². The van der Waals surface area contributed by atoms with Crippen molar-refractivity contribution in [3.05, 3.63) is 59.7 Å². The summed E-state index contributed by atoms with van der Waals surface area (Å²) in [6.07, 6.45) is 1.52. The lowest BCUT2D eigenvalue weighted by Crippen LogP contribution is -2.40. The molecule has 1 amide bonds. The van der Waals surface area contributed by atoms with E-state index >= 15 is 0 Å². The van der Waals surface area contributed by atoms with Gasteiger partial charge in [0.2, 0.25) is 0 Å². The van der Waals surface area contributed by atoms with Crippen LogP contribution in [-0.4, -0.2) is 30.6 Å². The Balaban J connectivity index is 1.68. The van der Waals surface area contributed by atoms with Crippen molar-refractivity contribution in [1.29, 1.82) is 0 Å². The molecule has 2 atom stereocenters. The molecule has 3 rings (SSSR count). The second-order valence-corrected chi connectivity index (χ2v) is 6.54. The van der Waals surface area contributed by atoms with Crippen LogP contribution in [0.1, 0.15) is 36.9 Å². The highest BCUT2D eigenvalue weighted by atomic mass is 16.5. The largest absolute Gasteiger partial charge is 0.497 e. The number of hydrogen-bond donors (Lipinski definition) is 0. The standard InChI is InChI=1S/C21H25NO3/c1-15-6-8-17(9-7-15)20-5-4-14-22(20)21(23)16(2)25-19-12-10-18(24-3)11-13-19/h6-13,16,20H,4-5,14H2,1-3H3/t16-,20-/m0/s1. The van der Waals surface area contributed by atoms with Crippen molar-refractivity contribution in [2.75, 3.05) is 13.7 Å². The molecule has 4 nitrogen and oxygen atoms in total. The highest BCUT2D eigenvalue weighted by Crippen LogP contribution is 2.33. The third-order valence-electron chi connectivity index (χ3n) is 4.72. The van der Waals surface area contributed by atoms with E-state index in [-0.39, 0.29) is 11.9 Å². The van der Waals surface area contributed by atoms with E-state index in [4.69, 9.17) is 9.47 Å². The molecule has 0 bridgehead atoms. The first-order valence-corrected chi connectivity index (χ1v) is 8.76. The van der Waals surface area contributed by atoms with Crippen LogP contribution in [-0.2, 0) is 4.79 Å². The molecule has 1 heterocycles. The maximum atomic E-state index is 12.9. The predicted octanol–water partition coefficient (Wildman–Crippen LogP) is 4.13. The number of carbonyl (C=O) groups is 1. The van der Waals surface area contributed by atoms with E-state index in [0.29, 0.717) is 5.75 Å². The van der Waals surface area contributed by atoms with Crippen molar-refractivity contribution in [2.24, 2.45) is 0 Å². The molecule has 25 heavy (non-hydrogen) atoms. The summed E-state index contributed by atoms with van der Waals surface area (Å²) in [5, 5.41) is 0. The van der Waals surface area contributed by atoms with Gasteiger partial charge in [-0.3, -0.25) is 4.79 Å². The first kappa shape index (κ1) is 17.3. The average molecular weight is 339 g/mol. The number of rotatable bonds is 5. The van der Waals surface area contributed by atoms with Gasteiger partial charge in [-0.05, 0) is 56.5 Å². The summed E-state index contributed by atoms with van der Waals surface area (Å²) in [4.78, 5) is 14.9. The van der Waals surface area contributed by atoms with E-state index in [1.54, 1.807) is 7.11 Å². The predicted molar refractivity (Wildman–Crippen MR) is 98.0 cm³/mol. The van der Waals surface area contributed by atoms with Gasteiger partial charge in [-0.15, -0.1) is 0 Å². The van der Waals surface area contributed by atoms with E-state index in [0.717, 1.165) is 25.1 Å². The molecule has 132 valence electrons. The number of methoxy groups -OCH3 is 1. The lowest BCUT2D eigenvalue weighted by molar-refractivity contribution is -0.138. The van der Waals surface area contributed by atoms with Gasteiger partial charge in [-0.1, -0.05) is 29.8 Å². The number of carbonyl (C=O) groups excluding carboxylic acids is 1. The zero-order chi connectivity index (χ0) is 17.8. The fourth-order valence-electron chi connectivity index (χ4n) is 3.31. The van der Waals surface area contributed by atoms with Gasteiger partial charge in [-0.2, -0.15) is 0 Å². The van der Waals surface area contributed by atoms with Crippen molar-refractivity contribution in [2.45, 2.75) is 38.8 Å². The van der Waals surface area contributed by atoms with Gasteiger partial charge < -0.3 is 14.4 Å². The molecule has 4 heteroatoms. The zero-order valence-electron chi connectivity index (χ0n) is 15.1. The summed E-state index contributed by atoms with van der Waals surface area (Å²) in [5.74, 6) is 1.48. The fourth-order valence-corrected chi connectivity index (χ4v) is 3.31. The molecular weight excluding hydrogens is 314 g/mol. The zero-order valence-corrected chi connectivity index (χ0v) is 15.1. The van der Waals surface area contributed by atoms with Gasteiger partial charge in [0.15, 0.2) is 6.10 Å².